The van der Waals surface area contributed by atoms with Gasteiger partial charge in [-0.05, 0) is 62.1 Å². The number of carbonyl (C=O) groups excluding carboxylic acids is 2. The van der Waals surface area contributed by atoms with Crippen molar-refractivity contribution in [2.24, 2.45) is 5.92 Å². The van der Waals surface area contributed by atoms with Crippen LogP contribution in [0.5, 0.6) is 5.75 Å². The second-order valence-electron chi connectivity index (χ2n) is 7.89. The van der Waals surface area contributed by atoms with Crippen molar-refractivity contribution in [3.05, 3.63) is 59.7 Å². The van der Waals surface area contributed by atoms with Gasteiger partial charge in [0.15, 0.2) is 6.61 Å². The predicted octanol–water partition coefficient (Wildman–Crippen LogP) is 2.65. The zero-order valence-corrected chi connectivity index (χ0v) is 19.8. The number of nitrogens with one attached hydrogen (secondary N) is 1. The van der Waals surface area contributed by atoms with Crippen molar-refractivity contribution in [2.75, 3.05) is 26.3 Å². The summed E-state index contributed by atoms with van der Waals surface area (Å²) in [5.41, 5.74) is 2.07. The highest BCUT2D eigenvalue weighted by molar-refractivity contribution is 7.89. The highest BCUT2D eigenvalue weighted by Gasteiger charge is 2.33. The minimum absolute atomic E-state index is 0.192. The predicted molar refractivity (Wildman–Crippen MR) is 123 cm³/mol. The lowest BCUT2D eigenvalue weighted by Crippen LogP contribution is -2.41. The molecule has 1 fully saturated rings. The van der Waals surface area contributed by atoms with Crippen molar-refractivity contribution in [2.45, 2.75) is 38.1 Å². The lowest BCUT2D eigenvalue weighted by atomic mass is 9.98. The molecule has 8 nitrogen and oxygen atoms in total. The van der Waals surface area contributed by atoms with Crippen molar-refractivity contribution in [1.82, 2.24) is 9.62 Å². The molecule has 2 aromatic rings. The number of ether oxygens (including phenoxy) is 2. The van der Waals surface area contributed by atoms with Crippen LogP contribution in [0.25, 0.3) is 0 Å². The Morgan fingerprint density at radius 1 is 1.06 bits per heavy atom. The van der Waals surface area contributed by atoms with Gasteiger partial charge in [0.05, 0.1) is 17.4 Å². The van der Waals surface area contributed by atoms with E-state index in [9.17, 15) is 18.0 Å². The Kier molecular flexibility index (Phi) is 8.46. The Morgan fingerprint density at radius 2 is 1.73 bits per heavy atom. The molecular formula is C24H30N2O6S. The molecule has 0 radical (unpaired) electrons. The molecule has 33 heavy (non-hydrogen) atoms. The smallest absolute Gasteiger partial charge is 0.309 e. The molecule has 178 valence electrons. The molecule has 1 aliphatic heterocycles. The van der Waals surface area contributed by atoms with E-state index in [0.717, 1.165) is 11.1 Å². The molecule has 0 bridgehead atoms. The zero-order chi connectivity index (χ0) is 23.8. The molecule has 1 aliphatic rings. The maximum absolute atomic E-state index is 12.9. The average molecular weight is 475 g/mol. The molecule has 0 saturated carbocycles. The Hall–Kier alpha value is -2.91. The number of piperidine rings is 1. The molecule has 3 rings (SSSR count). The number of nitrogens with zero attached hydrogens (tertiary/aromatic N) is 1. The largest absolute Gasteiger partial charge is 0.494 e. The molecule has 0 spiro atoms. The highest BCUT2D eigenvalue weighted by Crippen LogP contribution is 2.25. The van der Waals surface area contributed by atoms with E-state index < -0.39 is 21.9 Å². The monoisotopic (exact) mass is 474 g/mol. The minimum Gasteiger partial charge on any atom is -0.494 e. The Morgan fingerprint density at radius 3 is 2.36 bits per heavy atom. The summed E-state index contributed by atoms with van der Waals surface area (Å²) < 4.78 is 37.7. The number of hydrogen-bond acceptors (Lipinski definition) is 6. The van der Waals surface area contributed by atoms with Gasteiger partial charge in [0, 0.05) is 19.6 Å². The van der Waals surface area contributed by atoms with Crippen LogP contribution in [-0.4, -0.2) is 50.9 Å². The average Bonchev–Trinajstić information content (AvgIpc) is 2.82. The van der Waals surface area contributed by atoms with E-state index in [0.29, 0.717) is 31.7 Å². The molecule has 1 N–H and O–H groups in total. The maximum atomic E-state index is 12.9. The van der Waals surface area contributed by atoms with Crippen molar-refractivity contribution >= 4 is 21.9 Å². The number of sulfonamides is 1. The Balaban J connectivity index is 1.44. The normalized spacial score (nSPS) is 15.1. The first-order chi connectivity index (χ1) is 15.8. The molecule has 2 aromatic carbocycles. The van der Waals surface area contributed by atoms with Gasteiger partial charge in [-0.3, -0.25) is 9.59 Å². The van der Waals surface area contributed by atoms with E-state index in [-0.39, 0.29) is 30.5 Å². The van der Waals surface area contributed by atoms with Gasteiger partial charge in [-0.15, -0.1) is 0 Å². The first-order valence-electron chi connectivity index (χ1n) is 11.0. The molecule has 1 heterocycles. The lowest BCUT2D eigenvalue weighted by Gasteiger charge is -2.30. The van der Waals surface area contributed by atoms with Crippen LogP contribution in [0, 0.1) is 12.8 Å². The molecule has 0 atom stereocenters. The molecule has 9 heteroatoms. The van der Waals surface area contributed by atoms with Crippen molar-refractivity contribution < 1.29 is 27.5 Å². The van der Waals surface area contributed by atoms with Gasteiger partial charge >= 0.3 is 5.97 Å². The third kappa shape index (κ3) is 6.55. The molecule has 0 unspecified atom stereocenters. The number of carbonyl (C=O) groups is 2. The standard InChI is InChI=1S/C24H30N2O6S/c1-3-31-21-8-10-22(11-9-21)33(29,30)26-14-12-19(13-15-26)24(28)32-17-23(27)25-16-20-7-5-4-6-18(20)2/h4-11,19H,3,12-17H2,1-2H3,(H,25,27). The van der Waals surface area contributed by atoms with Crippen LogP contribution in [0.15, 0.2) is 53.4 Å². The summed E-state index contributed by atoms with van der Waals surface area (Å²) in [4.78, 5) is 24.6. The summed E-state index contributed by atoms with van der Waals surface area (Å²) in [7, 11) is -3.64. The highest BCUT2D eigenvalue weighted by atomic mass is 32.2. The number of amides is 1. The van der Waals surface area contributed by atoms with Crippen LogP contribution in [0.2, 0.25) is 0 Å². The van der Waals surface area contributed by atoms with Gasteiger partial charge in [-0.2, -0.15) is 4.31 Å². The summed E-state index contributed by atoms with van der Waals surface area (Å²) >= 11 is 0. The fourth-order valence-corrected chi connectivity index (χ4v) is 5.13. The SMILES string of the molecule is CCOc1ccc(S(=O)(=O)N2CCC(C(=O)OCC(=O)NCc3ccccc3C)CC2)cc1. The third-order valence-electron chi connectivity index (χ3n) is 5.64. The number of rotatable bonds is 9. The van der Waals surface area contributed by atoms with Gasteiger partial charge < -0.3 is 14.8 Å². The third-order valence-corrected chi connectivity index (χ3v) is 7.56. The van der Waals surface area contributed by atoms with E-state index in [1.54, 1.807) is 12.1 Å². The van der Waals surface area contributed by atoms with Crippen LogP contribution < -0.4 is 10.1 Å². The van der Waals surface area contributed by atoms with Gasteiger partial charge in [0.25, 0.3) is 5.91 Å². The molecular weight excluding hydrogens is 444 g/mol. The van der Waals surface area contributed by atoms with Gasteiger partial charge in [-0.1, -0.05) is 24.3 Å². The summed E-state index contributed by atoms with van der Waals surface area (Å²) in [5, 5.41) is 2.74. The number of esters is 1. The fraction of sp³-hybridized carbons (Fsp3) is 0.417. The quantitative estimate of drug-likeness (QED) is 0.561. The van der Waals surface area contributed by atoms with Crippen LogP contribution in [0.1, 0.15) is 30.9 Å². The maximum Gasteiger partial charge on any atom is 0.309 e. The number of benzene rings is 2. The van der Waals surface area contributed by atoms with E-state index >= 15 is 0 Å². The van der Waals surface area contributed by atoms with E-state index in [1.165, 1.54) is 16.4 Å². The number of hydrogen-bond donors (Lipinski definition) is 1. The van der Waals surface area contributed by atoms with Crippen LogP contribution >= 0.6 is 0 Å². The molecule has 1 saturated heterocycles. The Labute approximate surface area is 194 Å². The number of aryl methyl sites for hydroxylation is 1. The van der Waals surface area contributed by atoms with Crippen molar-refractivity contribution in [3.8, 4) is 5.75 Å². The molecule has 0 aromatic heterocycles. The van der Waals surface area contributed by atoms with Gasteiger partial charge in [0.2, 0.25) is 10.0 Å². The van der Waals surface area contributed by atoms with Gasteiger partial charge in [-0.25, -0.2) is 8.42 Å². The molecule has 0 aliphatic carbocycles. The van der Waals surface area contributed by atoms with Crippen LogP contribution in [-0.2, 0) is 30.9 Å². The second-order valence-corrected chi connectivity index (χ2v) is 9.83. The first kappa shape index (κ1) is 24.7. The van der Waals surface area contributed by atoms with Crippen LogP contribution in [0.4, 0.5) is 0 Å². The van der Waals surface area contributed by atoms with Crippen molar-refractivity contribution in [1.29, 1.82) is 0 Å². The summed E-state index contributed by atoms with van der Waals surface area (Å²) in [6.07, 6.45) is 0.694. The summed E-state index contributed by atoms with van der Waals surface area (Å²) in [6, 6.07) is 14.0. The van der Waals surface area contributed by atoms with Gasteiger partial charge in [0.1, 0.15) is 5.75 Å². The minimum atomic E-state index is -3.64. The van der Waals surface area contributed by atoms with Crippen LogP contribution in [0.3, 0.4) is 0 Å². The van der Waals surface area contributed by atoms with E-state index in [2.05, 4.69) is 5.32 Å². The van der Waals surface area contributed by atoms with Crippen molar-refractivity contribution in [3.63, 3.8) is 0 Å². The Bertz CT molecular complexity index is 1060. The zero-order valence-electron chi connectivity index (χ0n) is 19.0. The van der Waals surface area contributed by atoms with E-state index in [4.69, 9.17) is 9.47 Å². The summed E-state index contributed by atoms with van der Waals surface area (Å²) in [5.74, 6) is -0.664. The fourth-order valence-electron chi connectivity index (χ4n) is 3.66. The first-order valence-corrected chi connectivity index (χ1v) is 12.5. The molecule has 1 amide bonds. The summed E-state index contributed by atoms with van der Waals surface area (Å²) in [6.45, 7) is 4.77. The second kappa shape index (κ2) is 11.3. The lowest BCUT2D eigenvalue weighted by molar-refractivity contribution is -0.153. The van der Waals surface area contributed by atoms with E-state index in [1.807, 2.05) is 38.1 Å². The topological polar surface area (TPSA) is 102 Å².